The lowest BCUT2D eigenvalue weighted by Crippen LogP contribution is -2.39. The Morgan fingerprint density at radius 3 is 2.39 bits per heavy atom. The first-order chi connectivity index (χ1) is 8.22. The van der Waals surface area contributed by atoms with Gasteiger partial charge in [0, 0.05) is 19.0 Å². The standard InChI is InChI=1S/C14H28N2O.ClH/c1-3-15-12(2)11-16-14(17)10-13-8-6-4-5-7-9-13;/h12-13,15H,3-11H2,1-2H3,(H,16,17);1H/t12-;/m1./s1. The summed E-state index contributed by atoms with van der Waals surface area (Å²) in [4.78, 5) is 11.8. The van der Waals surface area contributed by atoms with Gasteiger partial charge >= 0.3 is 0 Å². The Morgan fingerprint density at radius 2 is 1.83 bits per heavy atom. The van der Waals surface area contributed by atoms with E-state index in [2.05, 4.69) is 24.5 Å². The summed E-state index contributed by atoms with van der Waals surface area (Å²) in [6.07, 6.45) is 8.56. The number of halogens is 1. The molecule has 1 saturated carbocycles. The molecule has 0 aromatic carbocycles. The van der Waals surface area contributed by atoms with Crippen LogP contribution in [0.15, 0.2) is 0 Å². The van der Waals surface area contributed by atoms with Gasteiger partial charge in [-0.1, -0.05) is 32.6 Å². The van der Waals surface area contributed by atoms with Crippen LogP contribution in [0.3, 0.4) is 0 Å². The van der Waals surface area contributed by atoms with Crippen molar-refractivity contribution >= 4 is 18.3 Å². The van der Waals surface area contributed by atoms with Crippen molar-refractivity contribution in [3.05, 3.63) is 0 Å². The molecule has 0 aromatic rings. The van der Waals surface area contributed by atoms with Crippen molar-refractivity contribution in [1.29, 1.82) is 0 Å². The number of nitrogens with one attached hydrogen (secondary N) is 2. The van der Waals surface area contributed by atoms with Crippen molar-refractivity contribution in [2.75, 3.05) is 13.1 Å². The predicted octanol–water partition coefficient (Wildman–Crippen LogP) is 2.88. The molecule has 18 heavy (non-hydrogen) atoms. The molecule has 0 aromatic heterocycles. The Morgan fingerprint density at radius 1 is 1.22 bits per heavy atom. The van der Waals surface area contributed by atoms with Gasteiger partial charge in [0.25, 0.3) is 0 Å². The second-order valence-electron chi connectivity index (χ2n) is 5.32. The van der Waals surface area contributed by atoms with Gasteiger partial charge in [-0.25, -0.2) is 0 Å². The van der Waals surface area contributed by atoms with Crippen LogP contribution in [-0.4, -0.2) is 25.0 Å². The van der Waals surface area contributed by atoms with Crippen molar-refractivity contribution < 1.29 is 4.79 Å². The molecule has 1 aliphatic carbocycles. The molecule has 4 heteroatoms. The SMILES string of the molecule is CCN[C@H](C)CNC(=O)CC1CCCCCC1.Cl. The largest absolute Gasteiger partial charge is 0.355 e. The van der Waals surface area contributed by atoms with Crippen molar-refractivity contribution in [2.45, 2.75) is 64.8 Å². The van der Waals surface area contributed by atoms with Gasteiger partial charge in [-0.15, -0.1) is 12.4 Å². The van der Waals surface area contributed by atoms with Crippen molar-refractivity contribution in [1.82, 2.24) is 10.6 Å². The van der Waals surface area contributed by atoms with E-state index >= 15 is 0 Å². The molecule has 0 saturated heterocycles. The summed E-state index contributed by atoms with van der Waals surface area (Å²) in [7, 11) is 0. The van der Waals surface area contributed by atoms with E-state index < -0.39 is 0 Å². The molecule has 0 aliphatic heterocycles. The van der Waals surface area contributed by atoms with Crippen LogP contribution >= 0.6 is 12.4 Å². The van der Waals surface area contributed by atoms with Gasteiger partial charge in [-0.05, 0) is 32.2 Å². The molecule has 1 amide bonds. The van der Waals surface area contributed by atoms with Crippen LogP contribution in [-0.2, 0) is 4.79 Å². The van der Waals surface area contributed by atoms with Crippen LogP contribution in [0.25, 0.3) is 0 Å². The second kappa shape index (κ2) is 10.6. The number of carbonyl (C=O) groups excluding carboxylic acids is 1. The first-order valence-corrected chi connectivity index (χ1v) is 7.22. The highest BCUT2D eigenvalue weighted by molar-refractivity contribution is 5.85. The predicted molar refractivity (Wildman–Crippen MR) is 79.2 cm³/mol. The molecule has 0 heterocycles. The highest BCUT2D eigenvalue weighted by atomic mass is 35.5. The van der Waals surface area contributed by atoms with Gasteiger partial charge in [0.1, 0.15) is 0 Å². The van der Waals surface area contributed by atoms with E-state index in [1.54, 1.807) is 0 Å². The van der Waals surface area contributed by atoms with E-state index in [9.17, 15) is 4.79 Å². The Hall–Kier alpha value is -0.280. The molecule has 3 nitrogen and oxygen atoms in total. The Balaban J connectivity index is 0.00000289. The zero-order valence-electron chi connectivity index (χ0n) is 11.8. The minimum absolute atomic E-state index is 0. The molecule has 1 aliphatic rings. The summed E-state index contributed by atoms with van der Waals surface area (Å²) in [6, 6.07) is 0.373. The number of rotatable bonds is 6. The summed E-state index contributed by atoms with van der Waals surface area (Å²) >= 11 is 0. The molecule has 1 rings (SSSR count). The van der Waals surface area contributed by atoms with Crippen LogP contribution in [0.2, 0.25) is 0 Å². The Bertz CT molecular complexity index is 216. The molecule has 0 unspecified atom stereocenters. The first kappa shape index (κ1) is 17.7. The smallest absolute Gasteiger partial charge is 0.220 e. The summed E-state index contributed by atoms with van der Waals surface area (Å²) in [5.74, 6) is 0.869. The lowest BCUT2D eigenvalue weighted by molar-refractivity contribution is -0.122. The zero-order valence-corrected chi connectivity index (χ0v) is 12.7. The van der Waals surface area contributed by atoms with E-state index in [0.29, 0.717) is 12.0 Å². The third-order valence-corrected chi connectivity index (χ3v) is 3.61. The zero-order chi connectivity index (χ0) is 12.5. The van der Waals surface area contributed by atoms with Gasteiger partial charge in [0.05, 0.1) is 0 Å². The van der Waals surface area contributed by atoms with Gasteiger partial charge in [-0.3, -0.25) is 4.79 Å². The number of likely N-dealkylation sites (N-methyl/N-ethyl adjacent to an activating group) is 1. The van der Waals surface area contributed by atoms with E-state index in [0.717, 1.165) is 19.5 Å². The first-order valence-electron chi connectivity index (χ1n) is 7.22. The quantitative estimate of drug-likeness (QED) is 0.733. The third-order valence-electron chi connectivity index (χ3n) is 3.61. The molecule has 1 fully saturated rings. The lowest BCUT2D eigenvalue weighted by Gasteiger charge is -2.16. The molecule has 1 atom stereocenters. The minimum atomic E-state index is 0. The van der Waals surface area contributed by atoms with Crippen LogP contribution in [0.4, 0.5) is 0 Å². The third kappa shape index (κ3) is 7.93. The fourth-order valence-corrected chi connectivity index (χ4v) is 2.59. The number of hydrogen-bond acceptors (Lipinski definition) is 2. The summed E-state index contributed by atoms with van der Waals surface area (Å²) in [6.45, 7) is 5.90. The topological polar surface area (TPSA) is 41.1 Å². The van der Waals surface area contributed by atoms with Crippen LogP contribution in [0, 0.1) is 5.92 Å². The van der Waals surface area contributed by atoms with E-state index in [1.165, 1.54) is 38.5 Å². The highest BCUT2D eigenvalue weighted by Gasteiger charge is 2.16. The van der Waals surface area contributed by atoms with Crippen molar-refractivity contribution in [3.8, 4) is 0 Å². The van der Waals surface area contributed by atoms with Crippen LogP contribution < -0.4 is 10.6 Å². The highest BCUT2D eigenvalue weighted by Crippen LogP contribution is 2.25. The van der Waals surface area contributed by atoms with Crippen molar-refractivity contribution in [3.63, 3.8) is 0 Å². The maximum atomic E-state index is 11.8. The van der Waals surface area contributed by atoms with Crippen molar-refractivity contribution in [2.24, 2.45) is 5.92 Å². The Kier molecular flexibility index (Phi) is 10.5. The fraction of sp³-hybridized carbons (Fsp3) is 0.929. The van der Waals surface area contributed by atoms with Gasteiger partial charge in [0.2, 0.25) is 5.91 Å². The van der Waals surface area contributed by atoms with Crippen LogP contribution in [0.5, 0.6) is 0 Å². The molecular formula is C14H29ClN2O. The normalized spacial score (nSPS) is 18.6. The monoisotopic (exact) mass is 276 g/mol. The van der Waals surface area contributed by atoms with Gasteiger partial charge < -0.3 is 10.6 Å². The molecule has 0 radical (unpaired) electrons. The average Bonchev–Trinajstić information content (AvgIpc) is 2.55. The Labute approximate surface area is 118 Å². The fourth-order valence-electron chi connectivity index (χ4n) is 2.59. The maximum absolute atomic E-state index is 11.8. The number of carbonyl (C=O) groups is 1. The second-order valence-corrected chi connectivity index (χ2v) is 5.32. The van der Waals surface area contributed by atoms with E-state index in [4.69, 9.17) is 0 Å². The van der Waals surface area contributed by atoms with Crippen LogP contribution in [0.1, 0.15) is 58.8 Å². The molecule has 2 N–H and O–H groups in total. The molecule has 0 spiro atoms. The number of amides is 1. The molecule has 0 bridgehead atoms. The lowest BCUT2D eigenvalue weighted by atomic mass is 9.96. The van der Waals surface area contributed by atoms with Gasteiger partial charge in [0.15, 0.2) is 0 Å². The average molecular weight is 277 g/mol. The summed E-state index contributed by atoms with van der Waals surface area (Å²) < 4.78 is 0. The van der Waals surface area contributed by atoms with Gasteiger partial charge in [-0.2, -0.15) is 0 Å². The minimum Gasteiger partial charge on any atom is -0.355 e. The summed E-state index contributed by atoms with van der Waals surface area (Å²) in [5, 5.41) is 6.33. The number of hydrogen-bond donors (Lipinski definition) is 2. The molecular weight excluding hydrogens is 248 g/mol. The van der Waals surface area contributed by atoms with E-state index in [-0.39, 0.29) is 18.3 Å². The van der Waals surface area contributed by atoms with E-state index in [1.807, 2.05) is 0 Å². The summed E-state index contributed by atoms with van der Waals surface area (Å²) in [5.41, 5.74) is 0. The maximum Gasteiger partial charge on any atom is 0.220 e. The molecule has 108 valence electrons.